The van der Waals surface area contributed by atoms with Crippen LogP contribution in [-0.2, 0) is 9.53 Å². The van der Waals surface area contributed by atoms with Crippen LogP contribution in [0.25, 0.3) is 0 Å². The average Bonchev–Trinajstić information content (AvgIpc) is 2.33. The molecular weight excluding hydrogens is 252 g/mol. The van der Waals surface area contributed by atoms with E-state index in [1.54, 1.807) is 0 Å². The number of likely N-dealkylation sites (tertiary alicyclic amines) is 2. The van der Waals surface area contributed by atoms with Crippen LogP contribution in [0.3, 0.4) is 0 Å². The van der Waals surface area contributed by atoms with Crippen LogP contribution in [0.2, 0.25) is 0 Å². The molecule has 0 aromatic rings. The second-order valence-electron chi connectivity index (χ2n) is 5.52. The van der Waals surface area contributed by atoms with Crippen molar-refractivity contribution in [2.45, 2.75) is 31.8 Å². The predicted molar refractivity (Wildman–Crippen MR) is 74.1 cm³/mol. The molecule has 2 fully saturated rings. The molecule has 0 aromatic carbocycles. The van der Waals surface area contributed by atoms with Crippen molar-refractivity contribution in [1.29, 1.82) is 0 Å². The Balaban J connectivity index is 0.00000162. The summed E-state index contributed by atoms with van der Waals surface area (Å²) in [7, 11) is 4.23. The third kappa shape index (κ3) is 4.41. The van der Waals surface area contributed by atoms with Crippen LogP contribution in [0, 0.1) is 5.92 Å². The van der Waals surface area contributed by atoms with E-state index in [0.717, 1.165) is 51.9 Å². The standard InChI is InChI=1S/C13H24N2O2.ClH/c1-14-7-3-11(4-8-14)13(16)17-12-5-9-15(2)10-6-12;/h11-12H,3-10H2,1-2H3;1H. The molecular formula is C13H25ClN2O2. The van der Waals surface area contributed by atoms with Crippen LogP contribution >= 0.6 is 12.4 Å². The van der Waals surface area contributed by atoms with E-state index in [4.69, 9.17) is 4.74 Å². The molecule has 5 heteroatoms. The molecule has 2 aliphatic rings. The van der Waals surface area contributed by atoms with Gasteiger partial charge in [-0.05, 0) is 52.9 Å². The predicted octanol–water partition coefficient (Wildman–Crippen LogP) is 1.39. The van der Waals surface area contributed by atoms with Crippen LogP contribution in [0.1, 0.15) is 25.7 Å². The first-order valence-corrected chi connectivity index (χ1v) is 6.72. The summed E-state index contributed by atoms with van der Waals surface area (Å²) >= 11 is 0. The minimum Gasteiger partial charge on any atom is -0.462 e. The molecule has 0 aromatic heterocycles. The molecule has 0 unspecified atom stereocenters. The van der Waals surface area contributed by atoms with Crippen molar-refractivity contribution >= 4 is 18.4 Å². The lowest BCUT2D eigenvalue weighted by molar-refractivity contribution is -0.157. The summed E-state index contributed by atoms with van der Waals surface area (Å²) in [6.07, 6.45) is 4.08. The van der Waals surface area contributed by atoms with Crippen molar-refractivity contribution in [1.82, 2.24) is 9.80 Å². The number of hydrogen-bond acceptors (Lipinski definition) is 4. The number of carbonyl (C=O) groups is 1. The highest BCUT2D eigenvalue weighted by Crippen LogP contribution is 2.20. The van der Waals surface area contributed by atoms with E-state index in [-0.39, 0.29) is 30.4 Å². The lowest BCUT2D eigenvalue weighted by Gasteiger charge is -2.32. The number of halogens is 1. The molecule has 0 bridgehead atoms. The molecule has 2 heterocycles. The fourth-order valence-corrected chi connectivity index (χ4v) is 2.61. The molecule has 0 amide bonds. The SMILES string of the molecule is CN1CCC(OC(=O)C2CCN(C)CC2)CC1.Cl. The Morgan fingerprint density at radius 3 is 1.89 bits per heavy atom. The molecule has 0 aliphatic carbocycles. The third-order valence-electron chi connectivity index (χ3n) is 4.00. The zero-order chi connectivity index (χ0) is 12.3. The van der Waals surface area contributed by atoms with Crippen LogP contribution in [0.4, 0.5) is 0 Å². The fraction of sp³-hybridized carbons (Fsp3) is 0.923. The van der Waals surface area contributed by atoms with Crippen molar-refractivity contribution in [3.8, 4) is 0 Å². The Kier molecular flexibility index (Phi) is 6.39. The molecule has 0 N–H and O–H groups in total. The van der Waals surface area contributed by atoms with Crippen LogP contribution < -0.4 is 0 Å². The normalized spacial score (nSPS) is 24.6. The largest absolute Gasteiger partial charge is 0.462 e. The van der Waals surface area contributed by atoms with Gasteiger partial charge in [-0.15, -0.1) is 12.4 Å². The van der Waals surface area contributed by atoms with Gasteiger partial charge in [0.05, 0.1) is 5.92 Å². The van der Waals surface area contributed by atoms with Gasteiger partial charge >= 0.3 is 5.97 Å². The smallest absolute Gasteiger partial charge is 0.309 e. The number of carbonyl (C=O) groups excluding carboxylic acids is 1. The number of esters is 1. The lowest BCUT2D eigenvalue weighted by atomic mass is 9.97. The monoisotopic (exact) mass is 276 g/mol. The molecule has 106 valence electrons. The van der Waals surface area contributed by atoms with Crippen molar-refractivity contribution in [3.63, 3.8) is 0 Å². The second-order valence-corrected chi connectivity index (χ2v) is 5.52. The Bertz CT molecular complexity index is 260. The molecule has 0 radical (unpaired) electrons. The quantitative estimate of drug-likeness (QED) is 0.714. The van der Waals surface area contributed by atoms with E-state index in [0.29, 0.717) is 0 Å². The van der Waals surface area contributed by atoms with Crippen molar-refractivity contribution in [2.24, 2.45) is 5.92 Å². The van der Waals surface area contributed by atoms with Gasteiger partial charge in [-0.2, -0.15) is 0 Å². The molecule has 2 rings (SSSR count). The zero-order valence-corrected chi connectivity index (χ0v) is 12.2. The zero-order valence-electron chi connectivity index (χ0n) is 11.4. The number of nitrogens with zero attached hydrogens (tertiary/aromatic N) is 2. The van der Waals surface area contributed by atoms with E-state index >= 15 is 0 Å². The maximum atomic E-state index is 12.0. The highest BCUT2D eigenvalue weighted by Gasteiger charge is 2.28. The van der Waals surface area contributed by atoms with Gasteiger partial charge < -0.3 is 14.5 Å². The highest BCUT2D eigenvalue weighted by atomic mass is 35.5. The highest BCUT2D eigenvalue weighted by molar-refractivity contribution is 5.85. The number of ether oxygens (including phenoxy) is 1. The molecule has 0 saturated carbocycles. The van der Waals surface area contributed by atoms with Gasteiger partial charge in [0.25, 0.3) is 0 Å². The Hall–Kier alpha value is -0.320. The van der Waals surface area contributed by atoms with Crippen molar-refractivity contribution in [3.05, 3.63) is 0 Å². The number of rotatable bonds is 2. The summed E-state index contributed by atoms with van der Waals surface area (Å²) in [5.74, 6) is 0.193. The van der Waals surface area contributed by atoms with Gasteiger partial charge in [-0.1, -0.05) is 0 Å². The van der Waals surface area contributed by atoms with E-state index in [2.05, 4.69) is 23.9 Å². The molecule has 18 heavy (non-hydrogen) atoms. The van der Waals surface area contributed by atoms with Crippen LogP contribution in [0.15, 0.2) is 0 Å². The first-order chi connectivity index (χ1) is 8.15. The minimum absolute atomic E-state index is 0. The van der Waals surface area contributed by atoms with Gasteiger partial charge in [0.15, 0.2) is 0 Å². The first-order valence-electron chi connectivity index (χ1n) is 6.72. The summed E-state index contributed by atoms with van der Waals surface area (Å²) in [5, 5.41) is 0. The molecule has 2 aliphatic heterocycles. The Morgan fingerprint density at radius 2 is 1.39 bits per heavy atom. The maximum Gasteiger partial charge on any atom is 0.309 e. The Morgan fingerprint density at radius 1 is 0.944 bits per heavy atom. The van der Waals surface area contributed by atoms with E-state index < -0.39 is 0 Å². The summed E-state index contributed by atoms with van der Waals surface area (Å²) in [6.45, 7) is 4.14. The van der Waals surface area contributed by atoms with Crippen LogP contribution in [-0.4, -0.2) is 62.1 Å². The molecule has 0 atom stereocenters. The van der Waals surface area contributed by atoms with Crippen LogP contribution in [0.5, 0.6) is 0 Å². The fourth-order valence-electron chi connectivity index (χ4n) is 2.61. The van der Waals surface area contributed by atoms with Gasteiger partial charge in [-0.25, -0.2) is 0 Å². The average molecular weight is 277 g/mol. The molecule has 2 saturated heterocycles. The van der Waals surface area contributed by atoms with E-state index in [1.165, 1.54) is 0 Å². The lowest BCUT2D eigenvalue weighted by Crippen LogP contribution is -2.39. The maximum absolute atomic E-state index is 12.0. The molecule has 4 nitrogen and oxygen atoms in total. The third-order valence-corrected chi connectivity index (χ3v) is 4.00. The second kappa shape index (κ2) is 7.31. The summed E-state index contributed by atoms with van der Waals surface area (Å²) in [5.41, 5.74) is 0. The Labute approximate surface area is 116 Å². The summed E-state index contributed by atoms with van der Waals surface area (Å²) in [4.78, 5) is 16.6. The topological polar surface area (TPSA) is 32.8 Å². The first kappa shape index (κ1) is 15.7. The van der Waals surface area contributed by atoms with Gasteiger partial charge in [0.1, 0.15) is 6.10 Å². The summed E-state index contributed by atoms with van der Waals surface area (Å²) in [6, 6.07) is 0. The number of hydrogen-bond donors (Lipinski definition) is 0. The van der Waals surface area contributed by atoms with Crippen molar-refractivity contribution in [2.75, 3.05) is 40.3 Å². The van der Waals surface area contributed by atoms with Crippen molar-refractivity contribution < 1.29 is 9.53 Å². The number of piperidine rings is 2. The van der Waals surface area contributed by atoms with Gasteiger partial charge in [0, 0.05) is 13.1 Å². The minimum atomic E-state index is 0. The summed E-state index contributed by atoms with van der Waals surface area (Å²) < 4.78 is 5.63. The van der Waals surface area contributed by atoms with Gasteiger partial charge in [0.2, 0.25) is 0 Å². The van der Waals surface area contributed by atoms with E-state index in [9.17, 15) is 4.79 Å². The molecule has 0 spiro atoms. The van der Waals surface area contributed by atoms with Gasteiger partial charge in [-0.3, -0.25) is 4.79 Å². The van der Waals surface area contributed by atoms with E-state index in [1.807, 2.05) is 0 Å².